The molecule has 4 nitrogen and oxygen atoms in total. The van der Waals surface area contributed by atoms with Crippen molar-refractivity contribution < 1.29 is 4.68 Å². The SMILES string of the molecule is Cc1sc(N2CC(C)NCC2C)n[n+]1C. The molecule has 0 aromatic carbocycles. The summed E-state index contributed by atoms with van der Waals surface area (Å²) in [5, 5.41) is 10.4. The molecule has 15 heavy (non-hydrogen) atoms. The molecule has 0 spiro atoms. The zero-order chi connectivity index (χ0) is 11.0. The van der Waals surface area contributed by atoms with Crippen LogP contribution in [0.15, 0.2) is 0 Å². The molecule has 1 aromatic rings. The molecule has 0 radical (unpaired) electrons. The summed E-state index contributed by atoms with van der Waals surface area (Å²) in [7, 11) is 2.01. The first-order valence-corrected chi connectivity index (χ1v) is 6.23. The zero-order valence-corrected chi connectivity index (χ0v) is 10.6. The van der Waals surface area contributed by atoms with Gasteiger partial charge >= 0.3 is 0 Å². The van der Waals surface area contributed by atoms with Crippen LogP contribution in [0.1, 0.15) is 18.9 Å². The molecule has 2 unspecified atom stereocenters. The smallest absolute Gasteiger partial charge is 0.263 e. The van der Waals surface area contributed by atoms with Crippen LogP contribution >= 0.6 is 11.3 Å². The summed E-state index contributed by atoms with van der Waals surface area (Å²) >= 11 is 1.78. The predicted molar refractivity (Wildman–Crippen MR) is 62.3 cm³/mol. The van der Waals surface area contributed by atoms with E-state index in [1.54, 1.807) is 11.3 Å². The van der Waals surface area contributed by atoms with Gasteiger partial charge in [-0.2, -0.15) is 0 Å². The molecule has 0 aliphatic carbocycles. The third-order valence-electron chi connectivity index (χ3n) is 2.94. The van der Waals surface area contributed by atoms with Gasteiger partial charge in [-0.25, -0.2) is 0 Å². The third-order valence-corrected chi connectivity index (χ3v) is 4.00. The lowest BCUT2D eigenvalue weighted by Crippen LogP contribution is -2.54. The standard InChI is InChI=1S/C10H19N4S/c1-7-6-14(8(2)5-11-7)10-12-13(4)9(3)15-10/h7-8,11H,5-6H2,1-4H3/q+1. The number of nitrogens with one attached hydrogen (secondary N) is 1. The van der Waals surface area contributed by atoms with Crippen LogP contribution in [0, 0.1) is 6.92 Å². The Hall–Kier alpha value is -0.680. The van der Waals surface area contributed by atoms with Crippen LogP contribution < -0.4 is 14.9 Å². The molecule has 2 atom stereocenters. The van der Waals surface area contributed by atoms with E-state index in [-0.39, 0.29) is 0 Å². The highest BCUT2D eigenvalue weighted by molar-refractivity contribution is 7.14. The van der Waals surface area contributed by atoms with Crippen LogP contribution in [0.4, 0.5) is 5.13 Å². The topological polar surface area (TPSA) is 32.0 Å². The Labute approximate surface area is 94.9 Å². The molecule has 0 saturated carbocycles. The van der Waals surface area contributed by atoms with Crippen molar-refractivity contribution in [2.75, 3.05) is 18.0 Å². The van der Waals surface area contributed by atoms with Crippen molar-refractivity contribution in [3.63, 3.8) is 0 Å². The van der Waals surface area contributed by atoms with Gasteiger partial charge in [0.15, 0.2) is 7.05 Å². The Morgan fingerprint density at radius 3 is 2.87 bits per heavy atom. The first kappa shape index (κ1) is 10.8. The van der Waals surface area contributed by atoms with Crippen molar-refractivity contribution >= 4 is 16.5 Å². The Bertz CT molecular complexity index is 330. The van der Waals surface area contributed by atoms with Gasteiger partial charge in [0.05, 0.1) is 0 Å². The monoisotopic (exact) mass is 227 g/mol. The van der Waals surface area contributed by atoms with Crippen molar-refractivity contribution in [2.24, 2.45) is 7.05 Å². The lowest BCUT2D eigenvalue weighted by molar-refractivity contribution is -0.729. The largest absolute Gasteiger partial charge is 0.338 e. The van der Waals surface area contributed by atoms with Gasteiger partial charge in [0, 0.05) is 37.2 Å². The van der Waals surface area contributed by atoms with E-state index >= 15 is 0 Å². The molecule has 0 bridgehead atoms. The number of piperazine rings is 1. The second-order valence-corrected chi connectivity index (χ2v) is 5.50. The Morgan fingerprint density at radius 1 is 1.53 bits per heavy atom. The zero-order valence-electron chi connectivity index (χ0n) is 9.82. The summed E-state index contributed by atoms with van der Waals surface area (Å²) in [5.74, 6) is 0. The van der Waals surface area contributed by atoms with Gasteiger partial charge in [0.2, 0.25) is 0 Å². The minimum atomic E-state index is 0.534. The lowest BCUT2D eigenvalue weighted by atomic mass is 10.1. The van der Waals surface area contributed by atoms with E-state index in [1.807, 2.05) is 11.7 Å². The summed E-state index contributed by atoms with van der Waals surface area (Å²) in [6.45, 7) is 8.67. The maximum absolute atomic E-state index is 4.55. The highest BCUT2D eigenvalue weighted by Crippen LogP contribution is 2.22. The Balaban J connectivity index is 2.21. The Kier molecular flexibility index (Phi) is 2.93. The highest BCUT2D eigenvalue weighted by atomic mass is 32.1. The third kappa shape index (κ3) is 2.13. The average Bonchev–Trinajstić information content (AvgIpc) is 2.51. The van der Waals surface area contributed by atoms with Gasteiger partial charge in [-0.05, 0) is 25.2 Å². The maximum Gasteiger partial charge on any atom is 0.263 e. The minimum Gasteiger partial charge on any atom is -0.338 e. The van der Waals surface area contributed by atoms with E-state index < -0.39 is 0 Å². The molecule has 2 rings (SSSR count). The fourth-order valence-corrected chi connectivity index (χ4v) is 2.79. The second kappa shape index (κ2) is 4.06. The lowest BCUT2D eigenvalue weighted by Gasteiger charge is -2.36. The van der Waals surface area contributed by atoms with Crippen LogP contribution in [0.25, 0.3) is 0 Å². The van der Waals surface area contributed by atoms with E-state index in [2.05, 4.69) is 36.1 Å². The van der Waals surface area contributed by atoms with Gasteiger partial charge in [0.1, 0.15) is 0 Å². The van der Waals surface area contributed by atoms with Crippen molar-refractivity contribution in [1.29, 1.82) is 0 Å². The molecule has 1 saturated heterocycles. The van der Waals surface area contributed by atoms with Crippen LogP contribution in [0.2, 0.25) is 0 Å². The molecule has 1 fully saturated rings. The molecular weight excluding hydrogens is 208 g/mol. The van der Waals surface area contributed by atoms with E-state index in [4.69, 9.17) is 0 Å². The summed E-state index contributed by atoms with van der Waals surface area (Å²) < 4.78 is 1.96. The molecule has 2 heterocycles. The van der Waals surface area contributed by atoms with Crippen molar-refractivity contribution in [2.45, 2.75) is 32.9 Å². The van der Waals surface area contributed by atoms with Gasteiger partial charge < -0.3 is 10.2 Å². The van der Waals surface area contributed by atoms with E-state index in [9.17, 15) is 0 Å². The van der Waals surface area contributed by atoms with E-state index in [0.29, 0.717) is 12.1 Å². The van der Waals surface area contributed by atoms with Gasteiger partial charge in [-0.15, -0.1) is 0 Å². The number of nitrogens with zero attached hydrogens (tertiary/aromatic N) is 3. The second-order valence-electron chi connectivity index (χ2n) is 4.34. The summed E-state index contributed by atoms with van der Waals surface area (Å²) in [6, 6.07) is 1.09. The number of aryl methyl sites for hydroxylation is 2. The summed E-state index contributed by atoms with van der Waals surface area (Å²) in [4.78, 5) is 2.40. The fourth-order valence-electron chi connectivity index (χ4n) is 1.82. The summed E-state index contributed by atoms with van der Waals surface area (Å²) in [5.41, 5.74) is 0. The molecule has 1 aliphatic rings. The molecule has 0 amide bonds. The first-order valence-electron chi connectivity index (χ1n) is 5.41. The van der Waals surface area contributed by atoms with Gasteiger partial charge in [0.25, 0.3) is 10.1 Å². The molecule has 84 valence electrons. The van der Waals surface area contributed by atoms with Gasteiger partial charge in [-0.3, -0.25) is 0 Å². The van der Waals surface area contributed by atoms with E-state index in [0.717, 1.165) is 18.2 Å². The van der Waals surface area contributed by atoms with Crippen LogP contribution in [-0.2, 0) is 7.05 Å². The Morgan fingerprint density at radius 2 is 2.27 bits per heavy atom. The number of aromatic nitrogens is 2. The van der Waals surface area contributed by atoms with Crippen LogP contribution in [0.5, 0.6) is 0 Å². The molecule has 1 N–H and O–H groups in total. The molecule has 1 aromatic heterocycles. The number of anilines is 1. The van der Waals surface area contributed by atoms with Crippen molar-refractivity contribution in [3.05, 3.63) is 5.01 Å². The minimum absolute atomic E-state index is 0.534. The fraction of sp³-hybridized carbons (Fsp3) is 0.800. The van der Waals surface area contributed by atoms with Crippen LogP contribution in [0.3, 0.4) is 0 Å². The van der Waals surface area contributed by atoms with Crippen molar-refractivity contribution in [1.82, 2.24) is 10.4 Å². The van der Waals surface area contributed by atoms with Crippen LogP contribution in [-0.4, -0.2) is 30.3 Å². The number of hydrogen-bond acceptors (Lipinski definition) is 4. The first-order chi connectivity index (χ1) is 7.08. The molecule has 1 aliphatic heterocycles. The average molecular weight is 227 g/mol. The normalized spacial score (nSPS) is 27.1. The number of hydrogen-bond donors (Lipinski definition) is 1. The quantitative estimate of drug-likeness (QED) is 0.708. The van der Waals surface area contributed by atoms with Crippen molar-refractivity contribution in [3.8, 4) is 0 Å². The van der Waals surface area contributed by atoms with Gasteiger partial charge in [-0.1, -0.05) is 4.68 Å². The number of rotatable bonds is 1. The molecule has 5 heteroatoms. The predicted octanol–water partition coefficient (Wildman–Crippen LogP) is 0.463. The van der Waals surface area contributed by atoms with E-state index in [1.165, 1.54) is 5.01 Å². The molecular formula is C10H19N4S+. The highest BCUT2D eigenvalue weighted by Gasteiger charge is 2.27. The maximum atomic E-state index is 4.55. The summed E-state index contributed by atoms with van der Waals surface area (Å²) in [6.07, 6.45) is 0.